The van der Waals surface area contributed by atoms with Gasteiger partial charge in [-0.3, -0.25) is 0 Å². The minimum atomic E-state index is 0.0821. The minimum Gasteiger partial charge on any atom is -0.344 e. The molecule has 0 atom stereocenters. The molecular weight excluding hydrogens is 280 g/mol. The van der Waals surface area contributed by atoms with Crippen LogP contribution in [0, 0.1) is 5.92 Å². The van der Waals surface area contributed by atoms with Crippen LogP contribution in [0.25, 0.3) is 0 Å². The van der Waals surface area contributed by atoms with E-state index >= 15 is 0 Å². The van der Waals surface area contributed by atoms with Gasteiger partial charge in [-0.15, -0.1) is 0 Å². The Hall–Kier alpha value is -1.57. The Morgan fingerprint density at radius 1 is 1.17 bits per heavy atom. The van der Waals surface area contributed by atoms with Crippen LogP contribution in [0.5, 0.6) is 0 Å². The lowest BCUT2D eigenvalue weighted by Gasteiger charge is -2.27. The molecule has 1 heterocycles. The summed E-state index contributed by atoms with van der Waals surface area (Å²) in [4.78, 5) is 2.58. The van der Waals surface area contributed by atoms with Gasteiger partial charge in [0.05, 0.1) is 0 Å². The normalized spacial score (nSPS) is 21.7. The zero-order valence-electron chi connectivity index (χ0n) is 15.2. The van der Waals surface area contributed by atoms with Crippen LogP contribution in [-0.2, 0) is 5.41 Å². The SMILES string of the molecule is C[N+](C)=CC=C1N(CCC2CCCC2)c2ccccc2C1(C)C. The third kappa shape index (κ3) is 3.22. The molecule has 23 heavy (non-hydrogen) atoms. The van der Waals surface area contributed by atoms with Gasteiger partial charge in [-0.25, -0.2) is 4.58 Å². The standard InChI is InChI=1S/C21H31N2/c1-21(2)18-11-7-8-12-19(18)23(20(21)14-15-22(3)4)16-13-17-9-5-6-10-17/h7-8,11-12,14-15,17H,5-6,9-10,13,16H2,1-4H3/q+1. The molecule has 2 heteroatoms. The van der Waals surface area contributed by atoms with Crippen molar-refractivity contribution in [1.29, 1.82) is 0 Å². The van der Waals surface area contributed by atoms with Crippen LogP contribution in [0.2, 0.25) is 0 Å². The smallest absolute Gasteiger partial charge is 0.164 e. The van der Waals surface area contributed by atoms with Crippen molar-refractivity contribution in [2.75, 3.05) is 25.5 Å². The highest BCUT2D eigenvalue weighted by molar-refractivity contribution is 5.77. The van der Waals surface area contributed by atoms with Crippen LogP contribution in [0.3, 0.4) is 0 Å². The number of benzene rings is 1. The Balaban J connectivity index is 1.91. The highest BCUT2D eigenvalue weighted by Crippen LogP contribution is 2.47. The van der Waals surface area contributed by atoms with E-state index in [1.165, 1.54) is 49.1 Å². The Bertz CT molecular complexity index is 614. The van der Waals surface area contributed by atoms with Crippen molar-refractivity contribution in [3.05, 3.63) is 41.6 Å². The summed E-state index contributed by atoms with van der Waals surface area (Å²) in [7, 11) is 4.18. The van der Waals surface area contributed by atoms with Gasteiger partial charge in [0.1, 0.15) is 14.1 Å². The zero-order chi connectivity index (χ0) is 16.4. The molecule has 0 saturated heterocycles. The van der Waals surface area contributed by atoms with Gasteiger partial charge >= 0.3 is 0 Å². The molecule has 1 fully saturated rings. The molecule has 0 amide bonds. The number of hydrogen-bond donors (Lipinski definition) is 0. The maximum absolute atomic E-state index is 2.58. The van der Waals surface area contributed by atoms with Crippen molar-refractivity contribution in [2.45, 2.75) is 51.4 Å². The molecule has 2 aliphatic rings. The second-order valence-corrected chi connectivity index (χ2v) is 7.90. The summed E-state index contributed by atoms with van der Waals surface area (Å²) < 4.78 is 2.13. The summed E-state index contributed by atoms with van der Waals surface area (Å²) in [5, 5.41) is 0. The second-order valence-electron chi connectivity index (χ2n) is 7.90. The summed E-state index contributed by atoms with van der Waals surface area (Å²) in [5.74, 6) is 0.935. The van der Waals surface area contributed by atoms with Gasteiger partial charge < -0.3 is 4.90 Å². The number of allylic oxidation sites excluding steroid dienone is 2. The average molecular weight is 311 g/mol. The molecule has 0 bridgehead atoms. The Labute approximate surface area is 141 Å². The molecule has 2 nitrogen and oxygen atoms in total. The van der Waals surface area contributed by atoms with E-state index in [2.05, 4.69) is 74.0 Å². The van der Waals surface area contributed by atoms with Crippen LogP contribution in [0.4, 0.5) is 5.69 Å². The highest BCUT2D eigenvalue weighted by atomic mass is 15.2. The van der Waals surface area contributed by atoms with E-state index in [9.17, 15) is 0 Å². The predicted molar refractivity (Wildman–Crippen MR) is 99.6 cm³/mol. The molecule has 1 aliphatic heterocycles. The van der Waals surface area contributed by atoms with Crippen molar-refractivity contribution < 1.29 is 4.58 Å². The van der Waals surface area contributed by atoms with Gasteiger partial charge in [0.15, 0.2) is 6.21 Å². The topological polar surface area (TPSA) is 6.25 Å². The molecule has 0 radical (unpaired) electrons. The van der Waals surface area contributed by atoms with Gasteiger partial charge in [-0.2, -0.15) is 0 Å². The number of anilines is 1. The summed E-state index contributed by atoms with van der Waals surface area (Å²) in [6.45, 7) is 5.87. The summed E-state index contributed by atoms with van der Waals surface area (Å²) in [6, 6.07) is 8.95. The first kappa shape index (κ1) is 16.3. The predicted octanol–water partition coefficient (Wildman–Crippen LogP) is 4.59. The molecule has 124 valence electrons. The van der Waals surface area contributed by atoms with E-state index in [0.29, 0.717) is 0 Å². The lowest BCUT2D eigenvalue weighted by atomic mass is 9.84. The Kier molecular flexibility index (Phi) is 4.61. The lowest BCUT2D eigenvalue weighted by molar-refractivity contribution is -0.458. The number of hydrogen-bond acceptors (Lipinski definition) is 1. The summed E-state index contributed by atoms with van der Waals surface area (Å²) >= 11 is 0. The number of para-hydroxylation sites is 1. The molecule has 1 saturated carbocycles. The summed E-state index contributed by atoms with van der Waals surface area (Å²) in [6.07, 6.45) is 11.6. The van der Waals surface area contributed by atoms with Crippen molar-refractivity contribution in [2.24, 2.45) is 5.92 Å². The number of rotatable bonds is 4. The van der Waals surface area contributed by atoms with E-state index in [1.807, 2.05) is 0 Å². The van der Waals surface area contributed by atoms with Gasteiger partial charge in [-0.05, 0) is 24.0 Å². The van der Waals surface area contributed by atoms with Crippen molar-refractivity contribution in [3.8, 4) is 0 Å². The Morgan fingerprint density at radius 3 is 2.57 bits per heavy atom. The second kappa shape index (κ2) is 6.51. The molecule has 0 aromatic heterocycles. The van der Waals surface area contributed by atoms with Crippen molar-refractivity contribution in [3.63, 3.8) is 0 Å². The van der Waals surface area contributed by atoms with E-state index in [4.69, 9.17) is 0 Å². The van der Waals surface area contributed by atoms with Gasteiger partial charge in [-0.1, -0.05) is 57.7 Å². The first-order chi connectivity index (χ1) is 11.0. The van der Waals surface area contributed by atoms with E-state index in [1.54, 1.807) is 0 Å². The van der Waals surface area contributed by atoms with Gasteiger partial charge in [0.2, 0.25) is 0 Å². The molecule has 1 aromatic rings. The fraction of sp³-hybridized carbons (Fsp3) is 0.571. The number of fused-ring (bicyclic) bond motifs is 1. The highest BCUT2D eigenvalue weighted by Gasteiger charge is 2.39. The van der Waals surface area contributed by atoms with E-state index < -0.39 is 0 Å². The van der Waals surface area contributed by atoms with Gasteiger partial charge in [0.25, 0.3) is 0 Å². The van der Waals surface area contributed by atoms with Crippen LogP contribution < -0.4 is 4.90 Å². The fourth-order valence-corrected chi connectivity index (χ4v) is 4.21. The first-order valence-corrected chi connectivity index (χ1v) is 9.09. The zero-order valence-corrected chi connectivity index (χ0v) is 15.2. The molecule has 1 aliphatic carbocycles. The average Bonchev–Trinajstić information content (AvgIpc) is 3.09. The van der Waals surface area contributed by atoms with E-state index in [-0.39, 0.29) is 5.41 Å². The van der Waals surface area contributed by atoms with Crippen LogP contribution in [-0.4, -0.2) is 31.4 Å². The maximum atomic E-state index is 2.58. The molecule has 1 aromatic carbocycles. The lowest BCUT2D eigenvalue weighted by Crippen LogP contribution is -2.28. The minimum absolute atomic E-state index is 0.0821. The van der Waals surface area contributed by atoms with Gasteiger partial charge in [0, 0.05) is 29.4 Å². The van der Waals surface area contributed by atoms with Crippen LogP contribution in [0.1, 0.15) is 51.5 Å². The largest absolute Gasteiger partial charge is 0.344 e. The van der Waals surface area contributed by atoms with E-state index in [0.717, 1.165) is 12.5 Å². The fourth-order valence-electron chi connectivity index (χ4n) is 4.21. The van der Waals surface area contributed by atoms with Crippen LogP contribution >= 0.6 is 0 Å². The molecular formula is C21H31N2+. The van der Waals surface area contributed by atoms with Crippen molar-refractivity contribution >= 4 is 11.9 Å². The third-order valence-electron chi connectivity index (χ3n) is 5.57. The first-order valence-electron chi connectivity index (χ1n) is 9.09. The molecule has 0 unspecified atom stereocenters. The number of nitrogens with zero attached hydrogens (tertiary/aromatic N) is 2. The molecule has 0 N–H and O–H groups in total. The maximum Gasteiger partial charge on any atom is 0.164 e. The molecule has 0 spiro atoms. The van der Waals surface area contributed by atoms with Crippen LogP contribution in [0.15, 0.2) is 36.0 Å². The van der Waals surface area contributed by atoms with Crippen molar-refractivity contribution in [1.82, 2.24) is 0 Å². The third-order valence-corrected chi connectivity index (χ3v) is 5.57. The quantitative estimate of drug-likeness (QED) is 0.582. The summed E-state index contributed by atoms with van der Waals surface area (Å²) in [5.41, 5.74) is 4.39. The monoisotopic (exact) mass is 311 g/mol. The molecule has 3 rings (SSSR count). The Morgan fingerprint density at radius 2 is 1.87 bits per heavy atom.